The molecule has 1 saturated carbocycles. The fourth-order valence-corrected chi connectivity index (χ4v) is 1.71. The van der Waals surface area contributed by atoms with E-state index in [-0.39, 0.29) is 0 Å². The van der Waals surface area contributed by atoms with Crippen molar-refractivity contribution in [2.75, 3.05) is 0 Å². The maximum Gasteiger partial charge on any atom is -0.0230 e. The van der Waals surface area contributed by atoms with Gasteiger partial charge in [0.25, 0.3) is 0 Å². The summed E-state index contributed by atoms with van der Waals surface area (Å²) in [5.41, 5.74) is 2.66. The third-order valence-electron chi connectivity index (χ3n) is 3.22. The Kier molecular flexibility index (Phi) is 7.48. The molecule has 0 aliphatic heterocycles. The molecule has 0 saturated heterocycles. The Labute approximate surface area is 113 Å². The van der Waals surface area contributed by atoms with E-state index in [1.807, 2.05) is 0 Å². The Bertz CT molecular complexity index is 324. The molecule has 0 heterocycles. The summed E-state index contributed by atoms with van der Waals surface area (Å²) in [6.45, 7) is 6.58. The van der Waals surface area contributed by atoms with E-state index < -0.39 is 0 Å². The highest BCUT2D eigenvalue weighted by molar-refractivity contribution is 5.50. The molecule has 100 valence electrons. The van der Waals surface area contributed by atoms with Crippen molar-refractivity contribution < 1.29 is 0 Å². The summed E-state index contributed by atoms with van der Waals surface area (Å²) in [6, 6.07) is 8.67. The van der Waals surface area contributed by atoms with E-state index in [9.17, 15) is 0 Å². The lowest BCUT2D eigenvalue weighted by Gasteiger charge is -1.93. The second kappa shape index (κ2) is 8.97. The van der Waals surface area contributed by atoms with Crippen LogP contribution in [0.2, 0.25) is 0 Å². The predicted octanol–water partition coefficient (Wildman–Crippen LogP) is 6.00. The number of rotatable bonds is 5. The molecule has 1 aromatic carbocycles. The average Bonchev–Trinajstić information content (AvgIpc) is 3.20. The number of benzene rings is 1. The molecule has 1 aliphatic rings. The van der Waals surface area contributed by atoms with Gasteiger partial charge in [-0.3, -0.25) is 0 Å². The maximum absolute atomic E-state index is 2.32. The highest BCUT2D eigenvalue weighted by Crippen LogP contribution is 2.30. The van der Waals surface area contributed by atoms with Crippen molar-refractivity contribution in [3.63, 3.8) is 0 Å². The molecule has 0 bridgehead atoms. The number of unbranched alkanes of at least 4 members (excludes halogenated alkanes) is 3. The van der Waals surface area contributed by atoms with Crippen molar-refractivity contribution in [2.24, 2.45) is 5.92 Å². The minimum absolute atomic E-state index is 0.881. The Morgan fingerprint density at radius 3 is 2.00 bits per heavy atom. The van der Waals surface area contributed by atoms with Gasteiger partial charge in [-0.15, -0.1) is 0 Å². The van der Waals surface area contributed by atoms with Crippen molar-refractivity contribution in [3.05, 3.63) is 41.5 Å². The largest absolute Gasteiger partial charge is 0.0808 e. The van der Waals surface area contributed by atoms with Crippen LogP contribution in [0.1, 0.15) is 63.5 Å². The minimum Gasteiger partial charge on any atom is -0.0808 e. The SMILES string of the molecule is CCCCCC.Cc1ccc(/C=C/C2CC2)cc1. The molecule has 2 rings (SSSR count). The van der Waals surface area contributed by atoms with Crippen LogP contribution in [0.25, 0.3) is 6.08 Å². The molecule has 1 fully saturated rings. The first kappa shape index (κ1) is 15.0. The van der Waals surface area contributed by atoms with E-state index in [4.69, 9.17) is 0 Å². The standard InChI is InChI=1S/C12H14.C6H14/c1-10-2-4-11(5-3-10)6-7-12-8-9-12;1-3-5-6-4-2/h2-7,12H,8-9H2,1H3;3-6H2,1-2H3/b7-6+;. The molecular weight excluding hydrogens is 216 g/mol. The number of allylic oxidation sites excluding steroid dienone is 1. The van der Waals surface area contributed by atoms with E-state index in [0.29, 0.717) is 0 Å². The lowest BCUT2D eigenvalue weighted by atomic mass is 10.1. The average molecular weight is 244 g/mol. The van der Waals surface area contributed by atoms with Crippen LogP contribution in [0, 0.1) is 12.8 Å². The predicted molar refractivity (Wildman–Crippen MR) is 82.8 cm³/mol. The molecule has 0 aromatic heterocycles. The minimum atomic E-state index is 0.881. The second-order valence-electron chi connectivity index (χ2n) is 5.31. The monoisotopic (exact) mass is 244 g/mol. The Morgan fingerprint density at radius 2 is 1.56 bits per heavy atom. The van der Waals surface area contributed by atoms with Crippen LogP contribution in [0.15, 0.2) is 30.3 Å². The lowest BCUT2D eigenvalue weighted by molar-refractivity contribution is 0.702. The molecule has 0 spiro atoms. The van der Waals surface area contributed by atoms with Crippen LogP contribution >= 0.6 is 0 Å². The third-order valence-corrected chi connectivity index (χ3v) is 3.22. The fraction of sp³-hybridized carbons (Fsp3) is 0.556. The summed E-state index contributed by atoms with van der Waals surface area (Å²) in [6.07, 6.45) is 12.9. The zero-order valence-electron chi connectivity index (χ0n) is 12.3. The Balaban J connectivity index is 0.000000232. The molecule has 1 aromatic rings. The van der Waals surface area contributed by atoms with Gasteiger partial charge in [-0.25, -0.2) is 0 Å². The molecule has 1 aliphatic carbocycles. The van der Waals surface area contributed by atoms with Gasteiger partial charge in [0.15, 0.2) is 0 Å². The van der Waals surface area contributed by atoms with E-state index in [2.05, 4.69) is 57.2 Å². The summed E-state index contributed by atoms with van der Waals surface area (Å²) in [4.78, 5) is 0. The van der Waals surface area contributed by atoms with Crippen LogP contribution in [-0.4, -0.2) is 0 Å². The fourth-order valence-electron chi connectivity index (χ4n) is 1.71. The van der Waals surface area contributed by atoms with Crippen LogP contribution in [0.3, 0.4) is 0 Å². The highest BCUT2D eigenvalue weighted by atomic mass is 14.2. The topological polar surface area (TPSA) is 0 Å². The van der Waals surface area contributed by atoms with Gasteiger partial charge in [-0.1, -0.05) is 81.5 Å². The summed E-state index contributed by atoms with van der Waals surface area (Å²) in [5.74, 6) is 0.881. The van der Waals surface area contributed by atoms with Crippen LogP contribution in [0.4, 0.5) is 0 Å². The summed E-state index contributed by atoms with van der Waals surface area (Å²) in [5, 5.41) is 0. The molecule has 0 N–H and O–H groups in total. The number of aryl methyl sites for hydroxylation is 1. The van der Waals surface area contributed by atoms with Gasteiger partial charge in [0, 0.05) is 0 Å². The number of hydrogen-bond acceptors (Lipinski definition) is 0. The van der Waals surface area contributed by atoms with Gasteiger partial charge in [0.1, 0.15) is 0 Å². The van der Waals surface area contributed by atoms with Gasteiger partial charge in [0.05, 0.1) is 0 Å². The van der Waals surface area contributed by atoms with E-state index in [1.165, 1.54) is 49.7 Å². The highest BCUT2D eigenvalue weighted by Gasteiger charge is 2.16. The molecule has 0 radical (unpaired) electrons. The van der Waals surface area contributed by atoms with Gasteiger partial charge >= 0.3 is 0 Å². The first-order valence-corrected chi connectivity index (χ1v) is 7.51. The van der Waals surface area contributed by atoms with Crippen LogP contribution in [0.5, 0.6) is 0 Å². The molecule has 0 nitrogen and oxygen atoms in total. The van der Waals surface area contributed by atoms with Crippen LogP contribution < -0.4 is 0 Å². The van der Waals surface area contributed by atoms with Gasteiger partial charge in [-0.2, -0.15) is 0 Å². The van der Waals surface area contributed by atoms with Crippen molar-refractivity contribution in [1.82, 2.24) is 0 Å². The zero-order valence-corrected chi connectivity index (χ0v) is 12.3. The van der Waals surface area contributed by atoms with Crippen molar-refractivity contribution in [1.29, 1.82) is 0 Å². The molecule has 0 unspecified atom stereocenters. The molecule has 18 heavy (non-hydrogen) atoms. The second-order valence-corrected chi connectivity index (χ2v) is 5.31. The first-order valence-electron chi connectivity index (χ1n) is 7.51. The van der Waals surface area contributed by atoms with Crippen molar-refractivity contribution in [2.45, 2.75) is 59.3 Å². The first-order chi connectivity index (χ1) is 8.76. The molecule has 0 atom stereocenters. The van der Waals surface area contributed by atoms with E-state index in [1.54, 1.807) is 0 Å². The smallest absolute Gasteiger partial charge is 0.0230 e. The summed E-state index contributed by atoms with van der Waals surface area (Å²) in [7, 11) is 0. The summed E-state index contributed by atoms with van der Waals surface area (Å²) < 4.78 is 0. The molecule has 0 heteroatoms. The van der Waals surface area contributed by atoms with Gasteiger partial charge in [-0.05, 0) is 31.2 Å². The van der Waals surface area contributed by atoms with Gasteiger partial charge in [0.2, 0.25) is 0 Å². The zero-order chi connectivity index (χ0) is 13.2. The van der Waals surface area contributed by atoms with Crippen molar-refractivity contribution >= 4 is 6.08 Å². The molecule has 0 amide bonds. The van der Waals surface area contributed by atoms with Gasteiger partial charge < -0.3 is 0 Å². The normalized spacial score (nSPS) is 14.4. The lowest BCUT2D eigenvalue weighted by Crippen LogP contribution is -1.73. The third kappa shape index (κ3) is 7.32. The Hall–Kier alpha value is -1.04. The molecular formula is C18H28. The summed E-state index contributed by atoms with van der Waals surface area (Å²) >= 11 is 0. The van der Waals surface area contributed by atoms with E-state index in [0.717, 1.165) is 5.92 Å². The van der Waals surface area contributed by atoms with E-state index >= 15 is 0 Å². The quantitative estimate of drug-likeness (QED) is 0.557. The van der Waals surface area contributed by atoms with Crippen LogP contribution in [-0.2, 0) is 0 Å². The maximum atomic E-state index is 2.32. The Morgan fingerprint density at radius 1 is 1.00 bits per heavy atom. The number of hydrogen-bond donors (Lipinski definition) is 0. The van der Waals surface area contributed by atoms with Crippen molar-refractivity contribution in [3.8, 4) is 0 Å².